The number of nitrogens with one attached hydrogen (secondary N) is 2. The molecule has 2 N–H and O–H groups in total. The standard InChI is InChI=1S/C11H24N2/c1-4-10(5-2)13-11(3)6-8-12-9-7-11/h10,12-13H,4-9H2,1-3H3. The minimum Gasteiger partial charge on any atom is -0.317 e. The Kier molecular flexibility index (Phi) is 4.20. The second kappa shape index (κ2) is 4.97. The van der Waals surface area contributed by atoms with E-state index in [0.717, 1.165) is 0 Å². The van der Waals surface area contributed by atoms with Crippen molar-refractivity contribution in [1.82, 2.24) is 10.6 Å². The Morgan fingerprint density at radius 3 is 2.23 bits per heavy atom. The van der Waals surface area contributed by atoms with Gasteiger partial charge in [-0.3, -0.25) is 0 Å². The smallest absolute Gasteiger partial charge is 0.0180 e. The van der Waals surface area contributed by atoms with Gasteiger partial charge in [-0.25, -0.2) is 0 Å². The zero-order valence-electron chi connectivity index (χ0n) is 9.32. The van der Waals surface area contributed by atoms with Gasteiger partial charge < -0.3 is 10.6 Å². The van der Waals surface area contributed by atoms with E-state index in [1.807, 2.05) is 0 Å². The molecule has 0 aromatic rings. The van der Waals surface area contributed by atoms with E-state index >= 15 is 0 Å². The van der Waals surface area contributed by atoms with Crippen LogP contribution in [0, 0.1) is 0 Å². The van der Waals surface area contributed by atoms with E-state index in [-0.39, 0.29) is 0 Å². The molecule has 0 bridgehead atoms. The zero-order chi connectivity index (χ0) is 9.73. The topological polar surface area (TPSA) is 24.1 Å². The quantitative estimate of drug-likeness (QED) is 0.697. The monoisotopic (exact) mass is 184 g/mol. The van der Waals surface area contributed by atoms with Crippen LogP contribution >= 0.6 is 0 Å². The van der Waals surface area contributed by atoms with E-state index in [2.05, 4.69) is 31.4 Å². The first-order valence-electron chi connectivity index (χ1n) is 5.68. The van der Waals surface area contributed by atoms with Crippen LogP contribution in [0.1, 0.15) is 46.5 Å². The molecule has 1 heterocycles. The van der Waals surface area contributed by atoms with E-state index in [4.69, 9.17) is 0 Å². The molecule has 0 atom stereocenters. The van der Waals surface area contributed by atoms with Gasteiger partial charge in [0.25, 0.3) is 0 Å². The van der Waals surface area contributed by atoms with Crippen LogP contribution in [0.5, 0.6) is 0 Å². The minimum atomic E-state index is 0.391. The van der Waals surface area contributed by atoms with Gasteiger partial charge in [-0.2, -0.15) is 0 Å². The number of rotatable bonds is 4. The fourth-order valence-corrected chi connectivity index (χ4v) is 2.11. The van der Waals surface area contributed by atoms with Crippen molar-refractivity contribution in [2.75, 3.05) is 13.1 Å². The predicted molar refractivity (Wildman–Crippen MR) is 58.0 cm³/mol. The summed E-state index contributed by atoms with van der Waals surface area (Å²) >= 11 is 0. The Hall–Kier alpha value is -0.0800. The summed E-state index contributed by atoms with van der Waals surface area (Å²) < 4.78 is 0. The summed E-state index contributed by atoms with van der Waals surface area (Å²) in [7, 11) is 0. The summed E-state index contributed by atoms with van der Waals surface area (Å²) in [4.78, 5) is 0. The van der Waals surface area contributed by atoms with Crippen LogP contribution in [0.4, 0.5) is 0 Å². The van der Waals surface area contributed by atoms with Crippen LogP contribution in [0.3, 0.4) is 0 Å². The third-order valence-electron chi connectivity index (χ3n) is 3.25. The average Bonchev–Trinajstić information content (AvgIpc) is 2.15. The van der Waals surface area contributed by atoms with Crippen LogP contribution < -0.4 is 10.6 Å². The third kappa shape index (κ3) is 3.28. The Balaban J connectivity index is 2.39. The summed E-state index contributed by atoms with van der Waals surface area (Å²) in [5.41, 5.74) is 0.391. The van der Waals surface area contributed by atoms with E-state index < -0.39 is 0 Å². The van der Waals surface area contributed by atoms with Gasteiger partial charge in [-0.05, 0) is 45.7 Å². The molecule has 0 aromatic carbocycles. The largest absolute Gasteiger partial charge is 0.317 e. The van der Waals surface area contributed by atoms with Crippen LogP contribution in [0.25, 0.3) is 0 Å². The molecule has 0 spiro atoms. The molecular formula is C11H24N2. The molecule has 0 unspecified atom stereocenters. The van der Waals surface area contributed by atoms with Crippen LogP contribution in [0.2, 0.25) is 0 Å². The van der Waals surface area contributed by atoms with Gasteiger partial charge in [0.05, 0.1) is 0 Å². The average molecular weight is 184 g/mol. The van der Waals surface area contributed by atoms with Crippen molar-refractivity contribution in [2.24, 2.45) is 0 Å². The van der Waals surface area contributed by atoms with Crippen LogP contribution in [-0.4, -0.2) is 24.7 Å². The molecule has 0 aromatic heterocycles. The second-order valence-corrected chi connectivity index (χ2v) is 4.47. The second-order valence-electron chi connectivity index (χ2n) is 4.47. The molecule has 1 fully saturated rings. The Morgan fingerprint density at radius 2 is 1.77 bits per heavy atom. The molecule has 2 heteroatoms. The minimum absolute atomic E-state index is 0.391. The Morgan fingerprint density at radius 1 is 1.23 bits per heavy atom. The number of hydrogen-bond donors (Lipinski definition) is 2. The molecule has 1 rings (SSSR count). The molecule has 78 valence electrons. The maximum Gasteiger partial charge on any atom is 0.0180 e. The number of piperidine rings is 1. The van der Waals surface area contributed by atoms with E-state index in [9.17, 15) is 0 Å². The van der Waals surface area contributed by atoms with Gasteiger partial charge in [-0.1, -0.05) is 13.8 Å². The highest BCUT2D eigenvalue weighted by molar-refractivity contribution is 4.90. The van der Waals surface area contributed by atoms with E-state index in [0.29, 0.717) is 11.6 Å². The van der Waals surface area contributed by atoms with Gasteiger partial charge in [0.2, 0.25) is 0 Å². The Bertz CT molecular complexity index is 135. The SMILES string of the molecule is CCC(CC)NC1(C)CCNCC1. The summed E-state index contributed by atoms with van der Waals surface area (Å²) in [6.07, 6.45) is 5.03. The summed E-state index contributed by atoms with van der Waals surface area (Å²) in [6.45, 7) is 9.25. The maximum atomic E-state index is 3.79. The first-order chi connectivity index (χ1) is 6.20. The van der Waals surface area contributed by atoms with Gasteiger partial charge in [0.1, 0.15) is 0 Å². The molecule has 1 aliphatic heterocycles. The number of hydrogen-bond acceptors (Lipinski definition) is 2. The highest BCUT2D eigenvalue weighted by Crippen LogP contribution is 2.19. The lowest BCUT2D eigenvalue weighted by Crippen LogP contribution is -2.53. The Labute approximate surface area is 82.5 Å². The fourth-order valence-electron chi connectivity index (χ4n) is 2.11. The highest BCUT2D eigenvalue weighted by atomic mass is 15.0. The maximum absolute atomic E-state index is 3.79. The molecule has 0 saturated carbocycles. The highest BCUT2D eigenvalue weighted by Gasteiger charge is 2.27. The van der Waals surface area contributed by atoms with Crippen molar-refractivity contribution in [3.05, 3.63) is 0 Å². The van der Waals surface area contributed by atoms with Crippen molar-refractivity contribution in [3.63, 3.8) is 0 Å². The molecule has 0 aliphatic carbocycles. The van der Waals surface area contributed by atoms with E-state index in [1.54, 1.807) is 0 Å². The van der Waals surface area contributed by atoms with Crippen molar-refractivity contribution in [2.45, 2.75) is 58.0 Å². The van der Waals surface area contributed by atoms with E-state index in [1.165, 1.54) is 38.8 Å². The lowest BCUT2D eigenvalue weighted by Gasteiger charge is -2.38. The fraction of sp³-hybridized carbons (Fsp3) is 1.00. The zero-order valence-corrected chi connectivity index (χ0v) is 9.32. The first kappa shape index (κ1) is 11.0. The normalized spacial score (nSPS) is 22.2. The molecule has 2 nitrogen and oxygen atoms in total. The van der Waals surface area contributed by atoms with Gasteiger partial charge in [-0.15, -0.1) is 0 Å². The third-order valence-corrected chi connectivity index (χ3v) is 3.25. The van der Waals surface area contributed by atoms with Gasteiger partial charge in [0, 0.05) is 11.6 Å². The molecular weight excluding hydrogens is 160 g/mol. The predicted octanol–water partition coefficient (Wildman–Crippen LogP) is 1.91. The lowest BCUT2D eigenvalue weighted by atomic mass is 9.89. The molecule has 0 amide bonds. The van der Waals surface area contributed by atoms with Crippen LogP contribution in [-0.2, 0) is 0 Å². The first-order valence-corrected chi connectivity index (χ1v) is 5.68. The van der Waals surface area contributed by atoms with Crippen molar-refractivity contribution in [3.8, 4) is 0 Å². The summed E-state index contributed by atoms with van der Waals surface area (Å²) in [5.74, 6) is 0. The summed E-state index contributed by atoms with van der Waals surface area (Å²) in [6, 6.07) is 0.711. The van der Waals surface area contributed by atoms with Gasteiger partial charge >= 0.3 is 0 Å². The van der Waals surface area contributed by atoms with Crippen molar-refractivity contribution in [1.29, 1.82) is 0 Å². The molecule has 13 heavy (non-hydrogen) atoms. The van der Waals surface area contributed by atoms with Crippen LogP contribution in [0.15, 0.2) is 0 Å². The lowest BCUT2D eigenvalue weighted by molar-refractivity contribution is 0.232. The molecule has 0 radical (unpaired) electrons. The molecule has 1 saturated heterocycles. The van der Waals surface area contributed by atoms with Crippen molar-refractivity contribution >= 4 is 0 Å². The summed E-state index contributed by atoms with van der Waals surface area (Å²) in [5, 5.41) is 7.20. The van der Waals surface area contributed by atoms with Crippen molar-refractivity contribution < 1.29 is 0 Å². The molecule has 1 aliphatic rings. The van der Waals surface area contributed by atoms with Gasteiger partial charge in [0.15, 0.2) is 0 Å².